The molecule has 5 nitrogen and oxygen atoms in total. The molecule has 1 aromatic carbocycles. The fourth-order valence-corrected chi connectivity index (χ4v) is 3.76. The first kappa shape index (κ1) is 14.1. The second-order valence-corrected chi connectivity index (χ2v) is 6.49. The number of nitrogens with zero attached hydrogens (tertiary/aromatic N) is 1. The minimum absolute atomic E-state index is 0.355. The zero-order valence-electron chi connectivity index (χ0n) is 10.9. The first-order chi connectivity index (χ1) is 9.99. The van der Waals surface area contributed by atoms with Gasteiger partial charge in [-0.05, 0) is 23.3 Å². The van der Waals surface area contributed by atoms with E-state index in [1.165, 1.54) is 12.3 Å². The lowest BCUT2D eigenvalue weighted by molar-refractivity contribution is 0.151. The molecule has 0 saturated carbocycles. The molecule has 0 fully saturated rings. The van der Waals surface area contributed by atoms with Crippen molar-refractivity contribution in [2.45, 2.75) is 23.6 Å². The van der Waals surface area contributed by atoms with E-state index in [9.17, 15) is 17.9 Å². The highest BCUT2D eigenvalue weighted by Crippen LogP contribution is 2.32. The molecule has 2 atom stereocenters. The van der Waals surface area contributed by atoms with Gasteiger partial charge >= 0.3 is 0 Å². The van der Waals surface area contributed by atoms with Gasteiger partial charge in [-0.3, -0.25) is 0 Å². The van der Waals surface area contributed by atoms with Crippen LogP contribution in [0.5, 0.6) is 0 Å². The minimum atomic E-state index is -4.15. The molecule has 110 valence electrons. The van der Waals surface area contributed by atoms with Crippen LogP contribution in [0.4, 0.5) is 4.39 Å². The summed E-state index contributed by atoms with van der Waals surface area (Å²) in [6.07, 6.45) is 0.675. The van der Waals surface area contributed by atoms with Gasteiger partial charge in [-0.25, -0.2) is 17.8 Å². The SMILES string of the molecule is O=S(=O)(N[C@@H]1c2ccccc2C[C@@H]1O)c1ncccc1F. The Bertz CT molecular complexity index is 779. The van der Waals surface area contributed by atoms with E-state index < -0.39 is 33.0 Å². The Labute approximate surface area is 121 Å². The van der Waals surface area contributed by atoms with Crippen LogP contribution in [0.2, 0.25) is 0 Å². The molecule has 1 aromatic heterocycles. The number of sulfonamides is 1. The number of aromatic nitrogens is 1. The summed E-state index contributed by atoms with van der Waals surface area (Å²) < 4.78 is 40.4. The summed E-state index contributed by atoms with van der Waals surface area (Å²) in [5, 5.41) is 9.38. The standard InChI is InChI=1S/C14H13FN2O3S/c15-11-6-3-7-16-14(11)21(19,20)17-13-10-5-2-1-4-9(10)8-12(13)18/h1-7,12-13,17-18H,8H2/t12-,13+/m0/s1. The Kier molecular flexibility index (Phi) is 3.48. The quantitative estimate of drug-likeness (QED) is 0.892. The largest absolute Gasteiger partial charge is 0.391 e. The molecular weight excluding hydrogens is 295 g/mol. The fourth-order valence-electron chi connectivity index (χ4n) is 2.51. The van der Waals surface area contributed by atoms with Crippen molar-refractivity contribution >= 4 is 10.0 Å². The first-order valence-electron chi connectivity index (χ1n) is 6.38. The molecule has 0 radical (unpaired) electrons. The van der Waals surface area contributed by atoms with E-state index in [1.807, 2.05) is 12.1 Å². The number of pyridine rings is 1. The van der Waals surface area contributed by atoms with Crippen LogP contribution in [-0.2, 0) is 16.4 Å². The molecule has 7 heteroatoms. The topological polar surface area (TPSA) is 79.3 Å². The highest BCUT2D eigenvalue weighted by molar-refractivity contribution is 7.89. The Morgan fingerprint density at radius 3 is 2.76 bits per heavy atom. The summed E-state index contributed by atoms with van der Waals surface area (Å²) in [6.45, 7) is 0. The molecule has 3 rings (SSSR count). The number of aliphatic hydroxyl groups excluding tert-OH is 1. The lowest BCUT2D eigenvalue weighted by Gasteiger charge is -2.17. The number of halogens is 1. The number of fused-ring (bicyclic) bond motifs is 1. The van der Waals surface area contributed by atoms with E-state index in [-0.39, 0.29) is 0 Å². The van der Waals surface area contributed by atoms with Crippen molar-refractivity contribution in [2.75, 3.05) is 0 Å². The summed E-state index contributed by atoms with van der Waals surface area (Å²) in [7, 11) is -4.15. The van der Waals surface area contributed by atoms with Crippen LogP contribution >= 0.6 is 0 Å². The Hall–Kier alpha value is -1.83. The predicted molar refractivity (Wildman–Crippen MR) is 73.4 cm³/mol. The van der Waals surface area contributed by atoms with Gasteiger partial charge in [-0.15, -0.1) is 0 Å². The normalized spacial score (nSPS) is 21.2. The highest BCUT2D eigenvalue weighted by Gasteiger charge is 2.35. The van der Waals surface area contributed by atoms with Gasteiger partial charge < -0.3 is 5.11 Å². The Balaban J connectivity index is 1.95. The Morgan fingerprint density at radius 2 is 2.00 bits per heavy atom. The smallest absolute Gasteiger partial charge is 0.261 e. The van der Waals surface area contributed by atoms with Crippen molar-refractivity contribution in [1.82, 2.24) is 9.71 Å². The number of hydrogen-bond donors (Lipinski definition) is 2. The molecular formula is C14H13FN2O3S. The van der Waals surface area contributed by atoms with E-state index >= 15 is 0 Å². The zero-order chi connectivity index (χ0) is 15.0. The maximum atomic E-state index is 13.6. The van der Waals surface area contributed by atoms with Gasteiger partial charge in [0.05, 0.1) is 12.1 Å². The van der Waals surface area contributed by atoms with Gasteiger partial charge in [0.2, 0.25) is 5.03 Å². The van der Waals surface area contributed by atoms with Crippen molar-refractivity contribution in [3.8, 4) is 0 Å². The van der Waals surface area contributed by atoms with Crippen LogP contribution in [0.3, 0.4) is 0 Å². The summed E-state index contributed by atoms with van der Waals surface area (Å²) in [6, 6.07) is 8.70. The third-order valence-corrected chi connectivity index (χ3v) is 4.84. The summed E-state index contributed by atoms with van der Waals surface area (Å²) >= 11 is 0. The van der Waals surface area contributed by atoms with Crippen LogP contribution in [-0.4, -0.2) is 24.6 Å². The van der Waals surface area contributed by atoms with Gasteiger partial charge in [0.25, 0.3) is 10.0 Å². The predicted octanol–water partition coefficient (Wildman–Crippen LogP) is 1.16. The molecule has 0 aliphatic heterocycles. The van der Waals surface area contributed by atoms with Crippen LogP contribution in [0.25, 0.3) is 0 Å². The average Bonchev–Trinajstić information content (AvgIpc) is 2.75. The van der Waals surface area contributed by atoms with E-state index in [4.69, 9.17) is 0 Å². The van der Waals surface area contributed by atoms with Crippen LogP contribution < -0.4 is 4.72 Å². The number of aliphatic hydroxyl groups is 1. The van der Waals surface area contributed by atoms with Gasteiger partial charge in [-0.1, -0.05) is 24.3 Å². The van der Waals surface area contributed by atoms with Crippen molar-refractivity contribution in [1.29, 1.82) is 0 Å². The monoisotopic (exact) mass is 308 g/mol. The molecule has 0 spiro atoms. The Morgan fingerprint density at radius 1 is 1.24 bits per heavy atom. The van der Waals surface area contributed by atoms with Gasteiger partial charge in [0.1, 0.15) is 0 Å². The van der Waals surface area contributed by atoms with Gasteiger partial charge in [0, 0.05) is 12.6 Å². The van der Waals surface area contributed by atoms with Crippen LogP contribution in [0, 0.1) is 5.82 Å². The van der Waals surface area contributed by atoms with E-state index in [2.05, 4.69) is 9.71 Å². The third kappa shape index (κ3) is 2.55. The molecule has 2 N–H and O–H groups in total. The molecule has 1 aliphatic rings. The number of rotatable bonds is 3. The zero-order valence-corrected chi connectivity index (χ0v) is 11.7. The number of hydrogen-bond acceptors (Lipinski definition) is 4. The van der Waals surface area contributed by atoms with Crippen molar-refractivity contribution < 1.29 is 17.9 Å². The lowest BCUT2D eigenvalue weighted by Crippen LogP contribution is -2.34. The molecule has 1 heterocycles. The highest BCUT2D eigenvalue weighted by atomic mass is 32.2. The maximum Gasteiger partial charge on any atom is 0.261 e. The third-order valence-electron chi connectivity index (χ3n) is 3.47. The van der Waals surface area contributed by atoms with E-state index in [1.54, 1.807) is 12.1 Å². The molecule has 1 aliphatic carbocycles. The van der Waals surface area contributed by atoms with Crippen molar-refractivity contribution in [3.63, 3.8) is 0 Å². The second kappa shape index (κ2) is 5.18. The van der Waals surface area contributed by atoms with E-state index in [0.29, 0.717) is 12.0 Å². The summed E-state index contributed by atoms with van der Waals surface area (Å²) in [5.74, 6) is -0.925. The first-order valence-corrected chi connectivity index (χ1v) is 7.86. The van der Waals surface area contributed by atoms with Crippen molar-refractivity contribution in [2.24, 2.45) is 0 Å². The van der Waals surface area contributed by atoms with Crippen LogP contribution in [0.15, 0.2) is 47.6 Å². The second-order valence-electron chi connectivity index (χ2n) is 4.86. The number of benzene rings is 1. The number of nitrogens with one attached hydrogen (secondary N) is 1. The molecule has 0 unspecified atom stereocenters. The molecule has 0 amide bonds. The fraction of sp³-hybridized carbons (Fsp3) is 0.214. The minimum Gasteiger partial charge on any atom is -0.391 e. The van der Waals surface area contributed by atoms with Gasteiger partial charge in [-0.2, -0.15) is 4.72 Å². The van der Waals surface area contributed by atoms with E-state index in [0.717, 1.165) is 11.6 Å². The molecule has 0 saturated heterocycles. The molecule has 21 heavy (non-hydrogen) atoms. The lowest BCUT2D eigenvalue weighted by atomic mass is 10.1. The average molecular weight is 308 g/mol. The molecule has 0 bridgehead atoms. The molecule has 2 aromatic rings. The summed E-state index contributed by atoms with van der Waals surface area (Å²) in [5.41, 5.74) is 1.57. The van der Waals surface area contributed by atoms with Crippen molar-refractivity contribution in [3.05, 3.63) is 59.5 Å². The summed E-state index contributed by atoms with van der Waals surface area (Å²) in [4.78, 5) is 3.57. The maximum absolute atomic E-state index is 13.6. The van der Waals surface area contributed by atoms with Gasteiger partial charge in [0.15, 0.2) is 5.82 Å². The van der Waals surface area contributed by atoms with Crippen LogP contribution in [0.1, 0.15) is 17.2 Å².